The molecular weight excluding hydrogens is 300 g/mol. The summed E-state index contributed by atoms with van der Waals surface area (Å²) in [7, 11) is 0. The van der Waals surface area contributed by atoms with Crippen LogP contribution in [0.15, 0.2) is 24.3 Å². The lowest BCUT2D eigenvalue weighted by molar-refractivity contribution is -0.189. The molecule has 0 unspecified atom stereocenters. The zero-order chi connectivity index (χ0) is 17.6. The highest BCUT2D eigenvalue weighted by molar-refractivity contribution is 6.04. The van der Waals surface area contributed by atoms with E-state index in [0.29, 0.717) is 12.4 Å². The number of carbonyl (C=O) groups excluding carboxylic acids is 2. The molecule has 128 valence electrons. The van der Waals surface area contributed by atoms with Crippen LogP contribution >= 0.6 is 0 Å². The fourth-order valence-corrected chi connectivity index (χ4v) is 1.88. The highest BCUT2D eigenvalue weighted by atomic mass is 16.6. The predicted octanol–water partition coefficient (Wildman–Crippen LogP) is 2.18. The molecule has 0 spiro atoms. The average molecular weight is 324 g/mol. The second-order valence-electron chi connectivity index (χ2n) is 5.58. The minimum absolute atomic E-state index is 0.0669. The van der Waals surface area contributed by atoms with Crippen LogP contribution in [-0.2, 0) is 24.7 Å². The van der Waals surface area contributed by atoms with Crippen molar-refractivity contribution in [1.82, 2.24) is 0 Å². The molecular formula is C17H24O6. The van der Waals surface area contributed by atoms with Crippen LogP contribution in [0.3, 0.4) is 0 Å². The molecule has 0 fully saturated rings. The first-order valence-electron chi connectivity index (χ1n) is 7.59. The van der Waals surface area contributed by atoms with E-state index in [1.807, 2.05) is 6.92 Å². The largest absolute Gasteiger partial charge is 0.494 e. The van der Waals surface area contributed by atoms with Gasteiger partial charge in [0.05, 0.1) is 18.8 Å². The van der Waals surface area contributed by atoms with Gasteiger partial charge in [0, 0.05) is 5.56 Å². The Morgan fingerprint density at radius 1 is 1.00 bits per heavy atom. The van der Waals surface area contributed by atoms with E-state index in [2.05, 4.69) is 0 Å². The molecule has 1 N–H and O–H groups in total. The Hall–Kier alpha value is -2.08. The number of hydrogen-bond acceptors (Lipinski definition) is 6. The Bertz CT molecular complexity index is 511. The Morgan fingerprint density at radius 2 is 1.43 bits per heavy atom. The van der Waals surface area contributed by atoms with Gasteiger partial charge in [-0.05, 0) is 46.8 Å². The molecule has 0 saturated carbocycles. The van der Waals surface area contributed by atoms with Gasteiger partial charge in [0.1, 0.15) is 5.75 Å². The smallest absolute Gasteiger partial charge is 0.355 e. The molecule has 0 aliphatic rings. The average Bonchev–Trinajstić information content (AvgIpc) is 2.46. The summed E-state index contributed by atoms with van der Waals surface area (Å²) in [6.07, 6.45) is -0.966. The monoisotopic (exact) mass is 324 g/mol. The molecule has 0 amide bonds. The molecule has 6 heteroatoms. The van der Waals surface area contributed by atoms with Crippen molar-refractivity contribution in [3.63, 3.8) is 0 Å². The topological polar surface area (TPSA) is 82.1 Å². The lowest BCUT2D eigenvalue weighted by Crippen LogP contribution is -2.47. The molecule has 0 aromatic heterocycles. The quantitative estimate of drug-likeness (QED) is 0.611. The van der Waals surface area contributed by atoms with Crippen LogP contribution < -0.4 is 4.74 Å². The second-order valence-corrected chi connectivity index (χ2v) is 5.58. The summed E-state index contributed by atoms with van der Waals surface area (Å²) in [6, 6.07) is 6.01. The normalized spacial score (nSPS) is 11.5. The van der Waals surface area contributed by atoms with Crippen molar-refractivity contribution < 1.29 is 28.9 Å². The van der Waals surface area contributed by atoms with Gasteiger partial charge in [-0.15, -0.1) is 0 Å². The summed E-state index contributed by atoms with van der Waals surface area (Å²) in [6.45, 7) is 8.84. The number of hydrogen-bond donors (Lipinski definition) is 1. The van der Waals surface area contributed by atoms with Gasteiger partial charge in [0.2, 0.25) is 0 Å². The lowest BCUT2D eigenvalue weighted by atomic mass is 9.93. The molecule has 0 saturated heterocycles. The predicted molar refractivity (Wildman–Crippen MR) is 84.0 cm³/mol. The van der Waals surface area contributed by atoms with Crippen molar-refractivity contribution in [3.8, 4) is 5.75 Å². The fraction of sp³-hybridized carbons (Fsp3) is 0.529. The standard InChI is InChI=1S/C17H24O6/c1-6-21-14-9-7-13(8-10-14)17(20,15(18)22-11(2)3)16(19)23-12(4)5/h7-12,20H,6H2,1-5H3. The molecule has 1 aromatic carbocycles. The van der Waals surface area contributed by atoms with Crippen molar-refractivity contribution in [2.24, 2.45) is 0 Å². The van der Waals surface area contributed by atoms with E-state index < -0.39 is 29.7 Å². The van der Waals surface area contributed by atoms with Crippen molar-refractivity contribution in [2.45, 2.75) is 52.4 Å². The third-order valence-electron chi connectivity index (χ3n) is 2.86. The third-order valence-corrected chi connectivity index (χ3v) is 2.86. The number of aliphatic hydroxyl groups is 1. The third kappa shape index (κ3) is 4.69. The Balaban J connectivity index is 3.21. The molecule has 1 rings (SSSR count). The van der Waals surface area contributed by atoms with E-state index in [0.717, 1.165) is 0 Å². The first-order chi connectivity index (χ1) is 10.7. The number of ether oxygens (including phenoxy) is 3. The Morgan fingerprint density at radius 3 is 1.78 bits per heavy atom. The molecule has 6 nitrogen and oxygen atoms in total. The maximum atomic E-state index is 12.3. The van der Waals surface area contributed by atoms with Gasteiger partial charge in [-0.25, -0.2) is 9.59 Å². The van der Waals surface area contributed by atoms with Crippen LogP contribution in [0.4, 0.5) is 0 Å². The van der Waals surface area contributed by atoms with Gasteiger partial charge in [0.25, 0.3) is 5.60 Å². The summed E-state index contributed by atoms with van der Waals surface area (Å²) in [5.74, 6) is -1.57. The summed E-state index contributed by atoms with van der Waals surface area (Å²) in [5, 5.41) is 10.7. The summed E-state index contributed by atoms with van der Waals surface area (Å²) >= 11 is 0. The van der Waals surface area contributed by atoms with Gasteiger partial charge in [0.15, 0.2) is 0 Å². The molecule has 0 aliphatic heterocycles. The number of benzene rings is 1. The number of carbonyl (C=O) groups is 2. The van der Waals surface area contributed by atoms with Crippen molar-refractivity contribution in [1.29, 1.82) is 0 Å². The molecule has 0 bridgehead atoms. The maximum Gasteiger partial charge on any atom is 0.355 e. The van der Waals surface area contributed by atoms with E-state index >= 15 is 0 Å². The first kappa shape index (κ1) is 19.0. The Kier molecular flexibility index (Phi) is 6.57. The number of esters is 2. The molecule has 23 heavy (non-hydrogen) atoms. The van der Waals surface area contributed by atoms with Crippen LogP contribution in [0.25, 0.3) is 0 Å². The van der Waals surface area contributed by atoms with E-state index in [4.69, 9.17) is 14.2 Å². The summed E-state index contributed by atoms with van der Waals surface area (Å²) < 4.78 is 15.4. The first-order valence-corrected chi connectivity index (χ1v) is 7.59. The van der Waals surface area contributed by atoms with Gasteiger partial charge < -0.3 is 19.3 Å². The van der Waals surface area contributed by atoms with Gasteiger partial charge in [-0.2, -0.15) is 0 Å². The second kappa shape index (κ2) is 7.97. The molecule has 0 atom stereocenters. The highest BCUT2D eigenvalue weighted by Crippen LogP contribution is 2.28. The minimum atomic E-state index is -2.51. The van der Waals surface area contributed by atoms with Crippen molar-refractivity contribution >= 4 is 11.9 Å². The van der Waals surface area contributed by atoms with Gasteiger partial charge in [-0.3, -0.25) is 0 Å². The molecule has 0 heterocycles. The van der Waals surface area contributed by atoms with Gasteiger partial charge in [-0.1, -0.05) is 12.1 Å². The molecule has 0 aliphatic carbocycles. The zero-order valence-electron chi connectivity index (χ0n) is 14.2. The van der Waals surface area contributed by atoms with E-state index in [1.54, 1.807) is 39.8 Å². The summed E-state index contributed by atoms with van der Waals surface area (Å²) in [5.41, 5.74) is -2.45. The molecule has 0 radical (unpaired) electrons. The zero-order valence-corrected chi connectivity index (χ0v) is 14.2. The van der Waals surface area contributed by atoms with E-state index in [-0.39, 0.29) is 5.56 Å². The van der Waals surface area contributed by atoms with E-state index in [1.165, 1.54) is 12.1 Å². The van der Waals surface area contributed by atoms with E-state index in [9.17, 15) is 14.7 Å². The lowest BCUT2D eigenvalue weighted by Gasteiger charge is -2.26. The van der Waals surface area contributed by atoms with Crippen molar-refractivity contribution in [2.75, 3.05) is 6.61 Å². The van der Waals surface area contributed by atoms with Crippen LogP contribution in [0.2, 0.25) is 0 Å². The van der Waals surface area contributed by atoms with Crippen LogP contribution in [0, 0.1) is 0 Å². The molecule has 1 aromatic rings. The van der Waals surface area contributed by atoms with Gasteiger partial charge >= 0.3 is 11.9 Å². The van der Waals surface area contributed by atoms with Crippen LogP contribution in [-0.4, -0.2) is 35.9 Å². The fourth-order valence-electron chi connectivity index (χ4n) is 1.88. The highest BCUT2D eigenvalue weighted by Gasteiger charge is 2.50. The SMILES string of the molecule is CCOc1ccc(C(O)(C(=O)OC(C)C)C(=O)OC(C)C)cc1. The Labute approximate surface area is 136 Å². The number of rotatable bonds is 7. The van der Waals surface area contributed by atoms with Crippen LogP contribution in [0.1, 0.15) is 40.2 Å². The summed E-state index contributed by atoms with van der Waals surface area (Å²) in [4.78, 5) is 24.6. The van der Waals surface area contributed by atoms with Crippen LogP contribution in [0.5, 0.6) is 5.75 Å². The van der Waals surface area contributed by atoms with Crippen molar-refractivity contribution in [3.05, 3.63) is 29.8 Å². The maximum absolute atomic E-state index is 12.3. The minimum Gasteiger partial charge on any atom is -0.494 e.